The van der Waals surface area contributed by atoms with Crippen molar-refractivity contribution in [2.24, 2.45) is 5.92 Å². The molecule has 3 aromatic carbocycles. The van der Waals surface area contributed by atoms with Gasteiger partial charge in [-0.25, -0.2) is 4.98 Å². The first-order valence-corrected chi connectivity index (χ1v) is 13.8. The van der Waals surface area contributed by atoms with Crippen LogP contribution in [0.1, 0.15) is 37.4 Å². The third-order valence-corrected chi connectivity index (χ3v) is 7.64. The van der Waals surface area contributed by atoms with Crippen molar-refractivity contribution in [1.29, 1.82) is 0 Å². The fraction of sp³-hybridized carbons (Fsp3) is 0.194. The number of amides is 1. The highest BCUT2D eigenvalue weighted by molar-refractivity contribution is 7.22. The number of halogens is 1. The van der Waals surface area contributed by atoms with Crippen molar-refractivity contribution in [2.75, 3.05) is 11.5 Å². The normalized spacial score (nSPS) is 15.7. The Morgan fingerprint density at radius 3 is 2.69 bits per heavy atom. The molecule has 1 amide bonds. The van der Waals surface area contributed by atoms with Gasteiger partial charge in [0.1, 0.15) is 5.75 Å². The molecule has 0 spiro atoms. The van der Waals surface area contributed by atoms with E-state index in [1.54, 1.807) is 24.3 Å². The lowest BCUT2D eigenvalue weighted by molar-refractivity contribution is -0.117. The molecule has 39 heavy (non-hydrogen) atoms. The number of benzene rings is 3. The Labute approximate surface area is 235 Å². The number of aliphatic hydroxyl groups is 1. The van der Waals surface area contributed by atoms with E-state index in [9.17, 15) is 14.7 Å². The van der Waals surface area contributed by atoms with E-state index >= 15 is 0 Å². The molecule has 1 unspecified atom stereocenters. The van der Waals surface area contributed by atoms with E-state index in [1.807, 2.05) is 54.6 Å². The van der Waals surface area contributed by atoms with Gasteiger partial charge in [0, 0.05) is 5.02 Å². The predicted octanol–water partition coefficient (Wildman–Crippen LogP) is 7.56. The summed E-state index contributed by atoms with van der Waals surface area (Å²) in [5.41, 5.74) is 2.11. The molecular formula is C31H27ClN2O4S. The van der Waals surface area contributed by atoms with Gasteiger partial charge in [-0.2, -0.15) is 0 Å². The number of fused-ring (bicyclic) bond motifs is 1. The van der Waals surface area contributed by atoms with Crippen molar-refractivity contribution in [3.05, 3.63) is 106 Å². The summed E-state index contributed by atoms with van der Waals surface area (Å²) >= 11 is 7.45. The van der Waals surface area contributed by atoms with Gasteiger partial charge in [0.15, 0.2) is 16.7 Å². The maximum atomic E-state index is 13.5. The van der Waals surface area contributed by atoms with E-state index in [0.717, 1.165) is 16.7 Å². The average Bonchev–Trinajstić information content (AvgIpc) is 3.45. The molecule has 0 radical (unpaired) electrons. The fourth-order valence-electron chi connectivity index (χ4n) is 4.37. The zero-order valence-electron chi connectivity index (χ0n) is 21.5. The minimum atomic E-state index is -0.893. The van der Waals surface area contributed by atoms with Crippen molar-refractivity contribution in [3.8, 4) is 5.75 Å². The molecule has 5 rings (SSSR count). The van der Waals surface area contributed by atoms with Crippen molar-refractivity contribution < 1.29 is 19.4 Å². The van der Waals surface area contributed by atoms with Gasteiger partial charge < -0.3 is 9.84 Å². The summed E-state index contributed by atoms with van der Waals surface area (Å²) in [6.45, 7) is 4.79. The maximum Gasteiger partial charge on any atom is 0.296 e. The highest BCUT2D eigenvalue weighted by Crippen LogP contribution is 2.44. The summed E-state index contributed by atoms with van der Waals surface area (Å²) in [5, 5.41) is 11.9. The molecule has 6 nitrogen and oxygen atoms in total. The van der Waals surface area contributed by atoms with Crippen molar-refractivity contribution in [1.82, 2.24) is 4.98 Å². The average molecular weight is 559 g/mol. The van der Waals surface area contributed by atoms with Gasteiger partial charge >= 0.3 is 0 Å². The number of anilines is 1. The predicted molar refractivity (Wildman–Crippen MR) is 156 cm³/mol. The number of rotatable bonds is 9. The summed E-state index contributed by atoms with van der Waals surface area (Å²) in [6, 6.07) is 21.0. The number of aromatic nitrogens is 1. The topological polar surface area (TPSA) is 79.7 Å². The highest BCUT2D eigenvalue weighted by atomic mass is 35.5. The first-order valence-electron chi connectivity index (χ1n) is 12.6. The van der Waals surface area contributed by atoms with Gasteiger partial charge in [0.05, 0.1) is 28.4 Å². The quantitative estimate of drug-likeness (QED) is 0.214. The largest absolute Gasteiger partial charge is 0.503 e. The second-order valence-corrected chi connectivity index (χ2v) is 11.1. The van der Waals surface area contributed by atoms with Crippen LogP contribution >= 0.6 is 22.9 Å². The van der Waals surface area contributed by atoms with E-state index in [1.165, 1.54) is 22.3 Å². The van der Waals surface area contributed by atoms with E-state index in [-0.39, 0.29) is 5.57 Å². The van der Waals surface area contributed by atoms with E-state index in [4.69, 9.17) is 16.3 Å². The Bertz CT molecular complexity index is 1590. The molecule has 2 heterocycles. The molecule has 1 aliphatic rings. The lowest BCUT2D eigenvalue weighted by atomic mass is 9.95. The number of carbonyl (C=O) groups is 2. The second kappa shape index (κ2) is 11.4. The van der Waals surface area contributed by atoms with Crippen LogP contribution in [0.25, 0.3) is 16.3 Å². The van der Waals surface area contributed by atoms with Crippen LogP contribution in [0.4, 0.5) is 5.13 Å². The molecule has 8 heteroatoms. The van der Waals surface area contributed by atoms with Gasteiger partial charge in [0.2, 0.25) is 0 Å². The van der Waals surface area contributed by atoms with Gasteiger partial charge in [-0.15, -0.1) is 0 Å². The number of ether oxygens (including phenoxy) is 1. The smallest absolute Gasteiger partial charge is 0.296 e. The minimum Gasteiger partial charge on any atom is -0.503 e. The summed E-state index contributed by atoms with van der Waals surface area (Å²) in [4.78, 5) is 33.1. The summed E-state index contributed by atoms with van der Waals surface area (Å²) in [6.07, 6.45) is 3.94. The molecule has 198 valence electrons. The number of hydrogen-bond donors (Lipinski definition) is 1. The van der Waals surface area contributed by atoms with Crippen LogP contribution < -0.4 is 9.64 Å². The SMILES string of the molecule is CC(C)CCOc1cccc(C2C(C(=O)/C=C/c3ccccc3)=C(O)C(=O)N2c2nc3ccc(Cl)cc3s2)c1. The van der Waals surface area contributed by atoms with E-state index in [0.29, 0.717) is 39.5 Å². The van der Waals surface area contributed by atoms with Crippen LogP contribution in [0.5, 0.6) is 5.75 Å². The number of thiazole rings is 1. The van der Waals surface area contributed by atoms with Gasteiger partial charge in [-0.1, -0.05) is 85.3 Å². The molecule has 1 atom stereocenters. The lowest BCUT2D eigenvalue weighted by Gasteiger charge is -2.24. The molecule has 1 N–H and O–H groups in total. The number of aliphatic hydroxyl groups excluding tert-OH is 1. The van der Waals surface area contributed by atoms with Crippen molar-refractivity contribution in [2.45, 2.75) is 26.3 Å². The summed E-state index contributed by atoms with van der Waals surface area (Å²) < 4.78 is 6.76. The molecule has 0 aliphatic carbocycles. The molecule has 1 aromatic heterocycles. The first-order chi connectivity index (χ1) is 18.8. The Morgan fingerprint density at radius 1 is 1.13 bits per heavy atom. The number of allylic oxidation sites excluding steroid dienone is 1. The summed E-state index contributed by atoms with van der Waals surface area (Å²) in [5.74, 6) is -0.634. The van der Waals surface area contributed by atoms with Gasteiger partial charge in [-0.05, 0) is 59.9 Å². The van der Waals surface area contributed by atoms with Crippen LogP contribution in [0.15, 0.2) is 90.2 Å². The van der Waals surface area contributed by atoms with Crippen molar-refractivity contribution in [3.63, 3.8) is 0 Å². The van der Waals surface area contributed by atoms with Crippen LogP contribution in [-0.4, -0.2) is 28.4 Å². The Balaban J connectivity index is 1.56. The fourth-order valence-corrected chi connectivity index (χ4v) is 5.64. The molecule has 0 saturated heterocycles. The maximum absolute atomic E-state index is 13.5. The Morgan fingerprint density at radius 2 is 1.92 bits per heavy atom. The van der Waals surface area contributed by atoms with Gasteiger partial charge in [0.25, 0.3) is 5.91 Å². The Hall–Kier alpha value is -3.94. The molecule has 0 bridgehead atoms. The van der Waals surface area contributed by atoms with Crippen molar-refractivity contribution >= 4 is 56.1 Å². The number of carbonyl (C=O) groups excluding carboxylic acids is 2. The zero-order valence-corrected chi connectivity index (χ0v) is 23.1. The molecule has 0 fully saturated rings. The first kappa shape index (κ1) is 26.7. The molecule has 1 aliphatic heterocycles. The third-order valence-electron chi connectivity index (χ3n) is 6.38. The molecular weight excluding hydrogens is 532 g/mol. The second-order valence-electron chi connectivity index (χ2n) is 9.66. The molecule has 0 saturated carbocycles. The monoisotopic (exact) mass is 558 g/mol. The standard InChI is InChI=1S/C31H27ClN2O4S/c1-19(2)15-16-38-23-10-6-9-21(17-23)28-27(25(35)14-11-20-7-4-3-5-8-20)29(36)30(37)34(28)31-33-24-13-12-22(32)18-26(24)39-31/h3-14,17-19,28,36H,15-16H2,1-2H3/b14-11+. The lowest BCUT2D eigenvalue weighted by Crippen LogP contribution is -2.30. The third kappa shape index (κ3) is 5.75. The van der Waals surface area contributed by atoms with E-state index in [2.05, 4.69) is 18.8 Å². The van der Waals surface area contributed by atoms with Crippen LogP contribution in [-0.2, 0) is 9.59 Å². The van der Waals surface area contributed by atoms with Crippen LogP contribution in [0.2, 0.25) is 5.02 Å². The number of hydrogen-bond acceptors (Lipinski definition) is 6. The highest BCUT2D eigenvalue weighted by Gasteiger charge is 2.45. The minimum absolute atomic E-state index is 0.0104. The van der Waals surface area contributed by atoms with Gasteiger partial charge in [-0.3, -0.25) is 14.5 Å². The molecule has 4 aromatic rings. The number of nitrogens with zero attached hydrogens (tertiary/aromatic N) is 2. The summed E-state index contributed by atoms with van der Waals surface area (Å²) in [7, 11) is 0. The van der Waals surface area contributed by atoms with Crippen LogP contribution in [0, 0.1) is 5.92 Å². The van der Waals surface area contributed by atoms with E-state index < -0.39 is 23.5 Å². The number of ketones is 1. The Kier molecular flexibility index (Phi) is 7.82. The zero-order chi connectivity index (χ0) is 27.5. The van der Waals surface area contributed by atoms with Crippen LogP contribution in [0.3, 0.4) is 0 Å².